The van der Waals surface area contributed by atoms with Gasteiger partial charge in [0.25, 0.3) is 17.7 Å². The molecule has 190 valence electrons. The largest absolute Gasteiger partial charge is 0.447 e. The Balaban J connectivity index is 3.68. The molecule has 3 unspecified atom stereocenters. The number of rotatable bonds is 12. The first-order valence-electron chi connectivity index (χ1n) is 9.56. The summed E-state index contributed by atoms with van der Waals surface area (Å²) >= 11 is 5.37. The molecule has 0 saturated carbocycles. The van der Waals surface area contributed by atoms with Gasteiger partial charge < -0.3 is 41.2 Å². The summed E-state index contributed by atoms with van der Waals surface area (Å²) in [6, 6.07) is 0. The Morgan fingerprint density at radius 1 is 0.941 bits per heavy atom. The lowest BCUT2D eigenvalue weighted by molar-refractivity contribution is -0.153. The molecule has 3 atom stereocenters. The standard InChI is InChI=1S/C19H24I3N3O9/c1-7(27)34-16(17(23)30)10-13(20)11(18(31)24-3-8(28)5-26)15(22)12(14(10)21)19(32)25-4-9(29)6-33-2/h8-9,16,26,28-29H,3-6H2,1-2H3,(H2,23,30)(H,24,31)(H,25,32). The van der Waals surface area contributed by atoms with Gasteiger partial charge in [0, 0.05) is 43.4 Å². The van der Waals surface area contributed by atoms with Crippen molar-refractivity contribution in [3.05, 3.63) is 27.4 Å². The molecule has 1 rings (SSSR count). The maximum Gasteiger partial charge on any atom is 0.303 e. The van der Waals surface area contributed by atoms with Crippen LogP contribution >= 0.6 is 67.8 Å². The van der Waals surface area contributed by atoms with Crippen molar-refractivity contribution in [2.75, 3.05) is 33.4 Å². The third-order valence-corrected chi connectivity index (χ3v) is 7.50. The summed E-state index contributed by atoms with van der Waals surface area (Å²) < 4.78 is 10.5. The number of nitrogens with two attached hydrogens (primary N) is 1. The van der Waals surface area contributed by atoms with Gasteiger partial charge in [0.15, 0.2) is 0 Å². The molecule has 3 amide bonds. The van der Waals surface area contributed by atoms with E-state index in [4.69, 9.17) is 20.3 Å². The van der Waals surface area contributed by atoms with Crippen molar-refractivity contribution >= 4 is 91.5 Å². The highest BCUT2D eigenvalue weighted by atomic mass is 127. The second-order valence-corrected chi connectivity index (χ2v) is 10.1. The smallest absolute Gasteiger partial charge is 0.303 e. The lowest BCUT2D eigenvalue weighted by atomic mass is 10.00. The molecule has 0 fully saturated rings. The molecule has 0 bridgehead atoms. The number of ether oxygens (including phenoxy) is 2. The van der Waals surface area contributed by atoms with Gasteiger partial charge in [-0.05, 0) is 67.8 Å². The monoisotopic (exact) mass is 819 g/mol. The topological polar surface area (TPSA) is 198 Å². The molecule has 1 aromatic rings. The lowest BCUT2D eigenvalue weighted by Crippen LogP contribution is -2.38. The van der Waals surface area contributed by atoms with Crippen LogP contribution < -0.4 is 16.4 Å². The molecule has 1 aromatic carbocycles. The zero-order valence-corrected chi connectivity index (χ0v) is 24.5. The van der Waals surface area contributed by atoms with Gasteiger partial charge in [0.1, 0.15) is 0 Å². The summed E-state index contributed by atoms with van der Waals surface area (Å²) in [5.41, 5.74) is 5.47. The number of carbonyl (C=O) groups excluding carboxylic acids is 4. The number of primary amides is 1. The molecular weight excluding hydrogens is 795 g/mol. The number of methoxy groups -OCH3 is 1. The highest BCUT2D eigenvalue weighted by Crippen LogP contribution is 2.37. The summed E-state index contributed by atoms with van der Waals surface area (Å²) in [4.78, 5) is 49.8. The van der Waals surface area contributed by atoms with Gasteiger partial charge >= 0.3 is 5.97 Å². The van der Waals surface area contributed by atoms with Crippen LogP contribution in [0.5, 0.6) is 0 Å². The van der Waals surface area contributed by atoms with E-state index in [1.165, 1.54) is 7.11 Å². The number of amides is 3. The Hall–Kier alpha value is -0.870. The van der Waals surface area contributed by atoms with Crippen molar-refractivity contribution in [1.29, 1.82) is 0 Å². The predicted octanol–water partition coefficient (Wildman–Crippen LogP) is -0.590. The molecule has 34 heavy (non-hydrogen) atoms. The van der Waals surface area contributed by atoms with E-state index in [-0.39, 0.29) is 47.1 Å². The van der Waals surface area contributed by atoms with E-state index in [0.29, 0.717) is 0 Å². The van der Waals surface area contributed by atoms with Crippen LogP contribution in [0, 0.1) is 10.7 Å². The zero-order chi connectivity index (χ0) is 26.2. The minimum Gasteiger partial charge on any atom is -0.447 e. The van der Waals surface area contributed by atoms with Crippen molar-refractivity contribution in [2.45, 2.75) is 25.2 Å². The van der Waals surface area contributed by atoms with Crippen LogP contribution in [0.25, 0.3) is 0 Å². The molecule has 0 aliphatic rings. The molecule has 15 heteroatoms. The third kappa shape index (κ3) is 8.36. The lowest BCUT2D eigenvalue weighted by Gasteiger charge is -2.23. The zero-order valence-electron chi connectivity index (χ0n) is 18.1. The van der Waals surface area contributed by atoms with E-state index in [2.05, 4.69) is 10.6 Å². The van der Waals surface area contributed by atoms with E-state index in [1.54, 1.807) is 67.8 Å². The number of hydrogen-bond acceptors (Lipinski definition) is 9. The fourth-order valence-electron chi connectivity index (χ4n) is 2.65. The van der Waals surface area contributed by atoms with E-state index in [1.807, 2.05) is 0 Å². The summed E-state index contributed by atoms with van der Waals surface area (Å²) in [7, 11) is 1.39. The molecule has 0 spiro atoms. The Morgan fingerprint density at radius 2 is 1.41 bits per heavy atom. The van der Waals surface area contributed by atoms with Gasteiger partial charge in [-0.2, -0.15) is 0 Å². The van der Waals surface area contributed by atoms with Crippen LogP contribution in [0.2, 0.25) is 0 Å². The highest BCUT2D eigenvalue weighted by Gasteiger charge is 2.34. The van der Waals surface area contributed by atoms with Gasteiger partial charge in [-0.1, -0.05) is 0 Å². The predicted molar refractivity (Wildman–Crippen MR) is 144 cm³/mol. The number of aliphatic hydroxyl groups is 3. The fourth-order valence-corrected chi connectivity index (χ4v) is 7.36. The fraction of sp³-hybridized carbons (Fsp3) is 0.474. The molecular formula is C19H24I3N3O9. The average Bonchev–Trinajstić information content (AvgIpc) is 2.75. The van der Waals surface area contributed by atoms with Crippen LogP contribution in [-0.2, 0) is 19.1 Å². The van der Waals surface area contributed by atoms with E-state index in [9.17, 15) is 29.4 Å². The summed E-state index contributed by atoms with van der Waals surface area (Å²) in [5, 5.41) is 33.4. The third-order valence-electron chi connectivity index (χ3n) is 4.18. The van der Waals surface area contributed by atoms with E-state index >= 15 is 0 Å². The quantitative estimate of drug-likeness (QED) is 0.118. The van der Waals surface area contributed by atoms with Crippen LogP contribution in [0.15, 0.2) is 0 Å². The first kappa shape index (κ1) is 31.2. The second kappa shape index (κ2) is 14.6. The molecule has 7 N–H and O–H groups in total. The van der Waals surface area contributed by atoms with E-state index in [0.717, 1.165) is 6.92 Å². The molecule has 0 saturated heterocycles. The maximum absolute atomic E-state index is 13.1. The molecule has 12 nitrogen and oxygen atoms in total. The molecule has 0 aliphatic heterocycles. The van der Waals surface area contributed by atoms with Crippen LogP contribution in [0.4, 0.5) is 0 Å². The number of halogens is 3. The number of esters is 1. The SMILES string of the molecule is COCC(O)CNC(=O)c1c(I)c(C(=O)NCC(O)CO)c(I)c(C(OC(C)=O)C(N)=O)c1I. The van der Waals surface area contributed by atoms with Crippen molar-refractivity contribution < 1.29 is 44.0 Å². The number of nitrogens with one attached hydrogen (secondary N) is 2. The molecule has 0 aliphatic carbocycles. The minimum atomic E-state index is -1.59. The van der Waals surface area contributed by atoms with Crippen LogP contribution in [-0.4, -0.2) is 84.6 Å². The second-order valence-electron chi connectivity index (χ2n) is 6.86. The van der Waals surface area contributed by atoms with Gasteiger partial charge in [-0.25, -0.2) is 0 Å². The van der Waals surface area contributed by atoms with Crippen LogP contribution in [0.3, 0.4) is 0 Å². The van der Waals surface area contributed by atoms with Gasteiger partial charge in [0.05, 0.1) is 36.5 Å². The molecule has 0 heterocycles. The summed E-state index contributed by atoms with van der Waals surface area (Å²) in [5.74, 6) is -3.20. The van der Waals surface area contributed by atoms with Crippen molar-refractivity contribution in [3.63, 3.8) is 0 Å². The Bertz CT molecular complexity index is 946. The summed E-state index contributed by atoms with van der Waals surface area (Å²) in [6.45, 7) is 0.0326. The van der Waals surface area contributed by atoms with E-state index < -0.39 is 48.6 Å². The number of hydrogen-bond donors (Lipinski definition) is 6. The van der Waals surface area contributed by atoms with Gasteiger partial charge in [-0.15, -0.1) is 0 Å². The van der Waals surface area contributed by atoms with Gasteiger partial charge in [-0.3, -0.25) is 19.2 Å². The number of aliphatic hydroxyl groups excluding tert-OH is 3. The first-order valence-corrected chi connectivity index (χ1v) is 12.8. The highest BCUT2D eigenvalue weighted by molar-refractivity contribution is 14.1. The van der Waals surface area contributed by atoms with Crippen molar-refractivity contribution in [2.24, 2.45) is 5.73 Å². The number of carbonyl (C=O) groups is 4. The average molecular weight is 819 g/mol. The summed E-state index contributed by atoms with van der Waals surface area (Å²) in [6.07, 6.45) is -3.80. The van der Waals surface area contributed by atoms with Gasteiger partial charge in [0.2, 0.25) is 6.10 Å². The first-order chi connectivity index (χ1) is 15.9. The molecule has 0 aromatic heterocycles. The van der Waals surface area contributed by atoms with Crippen LogP contribution in [0.1, 0.15) is 39.3 Å². The Morgan fingerprint density at radius 3 is 1.79 bits per heavy atom. The minimum absolute atomic E-state index is 0.00695. The van der Waals surface area contributed by atoms with Crippen molar-refractivity contribution in [3.8, 4) is 0 Å². The Labute approximate surface area is 236 Å². The number of benzene rings is 1. The Kier molecular flexibility index (Phi) is 13.4. The normalized spacial score (nSPS) is 13.5. The van der Waals surface area contributed by atoms with Crippen molar-refractivity contribution in [1.82, 2.24) is 10.6 Å². The molecule has 0 radical (unpaired) electrons. The maximum atomic E-state index is 13.1.